The van der Waals surface area contributed by atoms with Gasteiger partial charge in [-0.15, -0.1) is 0 Å². The molecule has 1 unspecified atom stereocenters. The van der Waals surface area contributed by atoms with E-state index in [2.05, 4.69) is 4.74 Å². The molecule has 0 fully saturated rings. The Kier molecular flexibility index (Phi) is 5.23. The van der Waals surface area contributed by atoms with Gasteiger partial charge in [0.1, 0.15) is 0 Å². The quantitative estimate of drug-likeness (QED) is 0.475. The number of ether oxygens (including phenoxy) is 1. The van der Waals surface area contributed by atoms with Gasteiger partial charge in [0.2, 0.25) is 0 Å². The van der Waals surface area contributed by atoms with Crippen molar-refractivity contribution in [2.24, 2.45) is 5.92 Å². The molecule has 0 aliphatic rings. The summed E-state index contributed by atoms with van der Waals surface area (Å²) in [6.45, 7) is 1.52. The van der Waals surface area contributed by atoms with Crippen LogP contribution in [-0.4, -0.2) is 42.4 Å². The van der Waals surface area contributed by atoms with Crippen LogP contribution < -0.4 is 0 Å². The molecule has 8 heteroatoms. The fraction of sp³-hybridized carbons (Fsp3) is 0.714. The van der Waals surface area contributed by atoms with E-state index in [0.29, 0.717) is 0 Å². The lowest BCUT2D eigenvalue weighted by atomic mass is 10.1. The zero-order valence-corrected chi connectivity index (χ0v) is 8.86. The summed E-state index contributed by atoms with van der Waals surface area (Å²) in [7, 11) is -4.40. The lowest BCUT2D eigenvalue weighted by Crippen LogP contribution is -2.27. The number of esters is 1. The summed E-state index contributed by atoms with van der Waals surface area (Å²) >= 11 is 0. The highest BCUT2D eigenvalue weighted by atomic mass is 32.2. The van der Waals surface area contributed by atoms with Gasteiger partial charge in [0.05, 0.1) is 24.7 Å². The average molecular weight is 240 g/mol. The zero-order chi connectivity index (χ0) is 12.1. The fourth-order valence-electron chi connectivity index (χ4n) is 0.935. The Hall–Kier alpha value is -1.15. The maximum atomic E-state index is 11.1. The minimum atomic E-state index is -4.40. The van der Waals surface area contributed by atoms with Crippen LogP contribution in [0.15, 0.2) is 0 Å². The van der Waals surface area contributed by atoms with Gasteiger partial charge in [-0.3, -0.25) is 14.1 Å². The second-order valence-corrected chi connectivity index (χ2v) is 4.29. The maximum Gasteiger partial charge on any atom is 0.310 e. The Morgan fingerprint density at radius 1 is 1.40 bits per heavy atom. The molecule has 2 N–H and O–H groups in total. The molecular weight excluding hydrogens is 228 g/mol. The van der Waals surface area contributed by atoms with Crippen LogP contribution in [0.5, 0.6) is 0 Å². The van der Waals surface area contributed by atoms with E-state index in [1.165, 1.54) is 6.92 Å². The third-order valence-corrected chi connectivity index (χ3v) is 2.28. The molecule has 0 aliphatic carbocycles. The number of rotatable bonds is 6. The second kappa shape index (κ2) is 5.66. The van der Waals surface area contributed by atoms with Gasteiger partial charge in [0.15, 0.2) is 0 Å². The van der Waals surface area contributed by atoms with Gasteiger partial charge in [-0.1, -0.05) is 0 Å². The Balaban J connectivity index is 4.58. The molecule has 0 spiro atoms. The van der Waals surface area contributed by atoms with Crippen molar-refractivity contribution in [1.82, 2.24) is 0 Å². The molecule has 0 bridgehead atoms. The number of carbonyl (C=O) groups is 2. The Morgan fingerprint density at radius 3 is 2.27 bits per heavy atom. The van der Waals surface area contributed by atoms with Crippen molar-refractivity contribution >= 4 is 22.1 Å². The molecule has 0 aliphatic heterocycles. The van der Waals surface area contributed by atoms with Gasteiger partial charge < -0.3 is 9.84 Å². The Labute approximate surface area is 86.8 Å². The van der Waals surface area contributed by atoms with Crippen LogP contribution >= 0.6 is 0 Å². The molecule has 0 heterocycles. The van der Waals surface area contributed by atoms with Crippen molar-refractivity contribution in [3.8, 4) is 0 Å². The van der Waals surface area contributed by atoms with Gasteiger partial charge >= 0.3 is 11.9 Å². The first-order valence-corrected chi connectivity index (χ1v) is 5.70. The van der Waals surface area contributed by atoms with Gasteiger partial charge in [0.25, 0.3) is 10.1 Å². The lowest BCUT2D eigenvalue weighted by molar-refractivity contribution is -0.151. The van der Waals surface area contributed by atoms with Crippen molar-refractivity contribution < 1.29 is 32.4 Å². The molecule has 0 saturated carbocycles. The van der Waals surface area contributed by atoms with E-state index in [4.69, 9.17) is 9.66 Å². The summed E-state index contributed by atoms with van der Waals surface area (Å²) in [6.07, 6.45) is -0.696. The molecular formula is C7H12O7S. The predicted octanol–water partition coefficient (Wildman–Crippen LogP) is -0.472. The molecule has 0 aromatic heterocycles. The minimum absolute atomic E-state index is 0.0143. The largest absolute Gasteiger partial charge is 0.481 e. The molecule has 1 atom stereocenters. The molecule has 0 aromatic carbocycles. The highest BCUT2D eigenvalue weighted by Crippen LogP contribution is 2.09. The van der Waals surface area contributed by atoms with Crippen molar-refractivity contribution in [3.63, 3.8) is 0 Å². The van der Waals surface area contributed by atoms with Crippen LogP contribution in [-0.2, 0) is 24.4 Å². The van der Waals surface area contributed by atoms with Gasteiger partial charge in [-0.2, -0.15) is 8.42 Å². The van der Waals surface area contributed by atoms with Crippen LogP contribution in [0.2, 0.25) is 0 Å². The first kappa shape index (κ1) is 13.8. The SMILES string of the molecule is CCOC(=O)C(CC(=O)O)CS(=O)(=O)O. The first-order valence-electron chi connectivity index (χ1n) is 4.10. The molecule has 88 valence electrons. The molecule has 0 radical (unpaired) electrons. The summed E-state index contributed by atoms with van der Waals surface area (Å²) in [5.74, 6) is -4.61. The van der Waals surface area contributed by atoms with E-state index >= 15 is 0 Å². The minimum Gasteiger partial charge on any atom is -0.481 e. The normalized spacial score (nSPS) is 13.2. The number of carboxylic acids is 1. The van der Waals surface area contributed by atoms with E-state index in [1.807, 2.05) is 0 Å². The molecule has 0 rings (SSSR count). The van der Waals surface area contributed by atoms with E-state index in [-0.39, 0.29) is 6.61 Å². The highest BCUT2D eigenvalue weighted by molar-refractivity contribution is 7.85. The number of hydrogen-bond donors (Lipinski definition) is 2. The Bertz CT molecular complexity index is 331. The number of carboxylic acid groups (broad SMARTS) is 1. The van der Waals surface area contributed by atoms with Crippen LogP contribution in [0.3, 0.4) is 0 Å². The smallest absolute Gasteiger partial charge is 0.310 e. The molecule has 15 heavy (non-hydrogen) atoms. The third kappa shape index (κ3) is 6.86. The predicted molar refractivity (Wildman–Crippen MR) is 48.8 cm³/mol. The maximum absolute atomic E-state index is 11.1. The summed E-state index contributed by atoms with van der Waals surface area (Å²) in [4.78, 5) is 21.4. The summed E-state index contributed by atoms with van der Waals surface area (Å²) in [6, 6.07) is 0. The first-order chi connectivity index (χ1) is 6.76. The van der Waals surface area contributed by atoms with Crippen molar-refractivity contribution in [1.29, 1.82) is 0 Å². The average Bonchev–Trinajstić information content (AvgIpc) is 1.99. The van der Waals surface area contributed by atoms with E-state index in [1.54, 1.807) is 0 Å². The van der Waals surface area contributed by atoms with Gasteiger partial charge in [-0.25, -0.2) is 0 Å². The standard InChI is InChI=1S/C7H12O7S/c1-2-14-7(10)5(3-6(8)9)4-15(11,12)13/h5H,2-4H2,1H3,(H,8,9)(H,11,12,13). The van der Waals surface area contributed by atoms with E-state index in [9.17, 15) is 18.0 Å². The summed E-state index contributed by atoms with van der Waals surface area (Å²) in [5, 5.41) is 8.41. The highest BCUT2D eigenvalue weighted by Gasteiger charge is 2.27. The third-order valence-electron chi connectivity index (χ3n) is 1.45. The topological polar surface area (TPSA) is 118 Å². The van der Waals surface area contributed by atoms with E-state index < -0.39 is 40.1 Å². The Morgan fingerprint density at radius 2 is 1.93 bits per heavy atom. The van der Waals surface area contributed by atoms with Crippen molar-refractivity contribution in [2.45, 2.75) is 13.3 Å². The monoisotopic (exact) mass is 240 g/mol. The molecule has 0 saturated heterocycles. The number of carbonyl (C=O) groups excluding carboxylic acids is 1. The van der Waals surface area contributed by atoms with E-state index in [0.717, 1.165) is 0 Å². The van der Waals surface area contributed by atoms with Gasteiger partial charge in [0, 0.05) is 0 Å². The van der Waals surface area contributed by atoms with Crippen LogP contribution in [0.1, 0.15) is 13.3 Å². The number of hydrogen-bond acceptors (Lipinski definition) is 5. The van der Waals surface area contributed by atoms with Crippen LogP contribution in [0.25, 0.3) is 0 Å². The van der Waals surface area contributed by atoms with Crippen molar-refractivity contribution in [2.75, 3.05) is 12.4 Å². The zero-order valence-electron chi connectivity index (χ0n) is 8.04. The summed E-state index contributed by atoms with van der Waals surface area (Å²) < 4.78 is 33.9. The molecule has 0 amide bonds. The number of aliphatic carboxylic acids is 1. The lowest BCUT2D eigenvalue weighted by Gasteiger charge is -2.11. The summed E-state index contributed by atoms with van der Waals surface area (Å²) in [5.41, 5.74) is 0. The van der Waals surface area contributed by atoms with Crippen LogP contribution in [0, 0.1) is 5.92 Å². The molecule has 0 aromatic rings. The van der Waals surface area contributed by atoms with Crippen molar-refractivity contribution in [3.05, 3.63) is 0 Å². The fourth-order valence-corrected chi connectivity index (χ4v) is 1.70. The van der Waals surface area contributed by atoms with Gasteiger partial charge in [-0.05, 0) is 6.92 Å². The van der Waals surface area contributed by atoms with Crippen LogP contribution in [0.4, 0.5) is 0 Å². The molecule has 7 nitrogen and oxygen atoms in total. The second-order valence-electron chi connectivity index (χ2n) is 2.80.